The van der Waals surface area contributed by atoms with Gasteiger partial charge in [-0.2, -0.15) is 0 Å². The van der Waals surface area contributed by atoms with Gasteiger partial charge >= 0.3 is 0 Å². The van der Waals surface area contributed by atoms with Gasteiger partial charge in [-0.1, -0.05) is 43.6 Å². The van der Waals surface area contributed by atoms with Crippen LogP contribution in [-0.2, 0) is 27.5 Å². The van der Waals surface area contributed by atoms with Crippen LogP contribution in [0.2, 0.25) is 5.02 Å². The van der Waals surface area contributed by atoms with Gasteiger partial charge in [0.2, 0.25) is 0 Å². The molecule has 166 valence electrons. The van der Waals surface area contributed by atoms with Gasteiger partial charge in [0.25, 0.3) is 0 Å². The molecule has 0 atom stereocenters. The van der Waals surface area contributed by atoms with Crippen molar-refractivity contribution in [3.05, 3.63) is 70.0 Å². The molecule has 0 heterocycles. The lowest BCUT2D eigenvalue weighted by molar-refractivity contribution is 0.508. The van der Waals surface area contributed by atoms with Crippen LogP contribution in [0, 0.1) is 5.82 Å². The lowest BCUT2D eigenvalue weighted by Crippen LogP contribution is -2.43. The second-order valence-corrected chi connectivity index (χ2v) is 10.2. The van der Waals surface area contributed by atoms with Gasteiger partial charge in [-0.05, 0) is 41.0 Å². The van der Waals surface area contributed by atoms with Crippen LogP contribution >= 0.6 is 35.6 Å². The molecule has 0 radical (unpaired) electrons. The van der Waals surface area contributed by atoms with Crippen LogP contribution in [-0.4, -0.2) is 34.2 Å². The summed E-state index contributed by atoms with van der Waals surface area (Å²) in [6.07, 6.45) is 1.16. The Kier molecular flexibility index (Phi) is 10.0. The molecule has 0 saturated heterocycles. The Bertz CT molecular complexity index is 980. The fraction of sp³-hybridized carbons (Fsp3) is 0.381. The van der Waals surface area contributed by atoms with E-state index in [1.165, 1.54) is 18.2 Å². The molecular weight excluding hydrogens is 540 g/mol. The summed E-state index contributed by atoms with van der Waals surface area (Å²) in [5.74, 6) is -0.00705. The first-order valence-corrected chi connectivity index (χ1v) is 11.6. The first-order chi connectivity index (χ1) is 13.5. The highest BCUT2D eigenvalue weighted by Gasteiger charge is 2.21. The maximum atomic E-state index is 13.7. The van der Waals surface area contributed by atoms with Gasteiger partial charge in [-0.25, -0.2) is 12.8 Å². The van der Waals surface area contributed by atoms with Gasteiger partial charge in [0.05, 0.1) is 5.75 Å². The smallest absolute Gasteiger partial charge is 0.191 e. The van der Waals surface area contributed by atoms with Crippen molar-refractivity contribution in [2.75, 3.05) is 19.8 Å². The van der Waals surface area contributed by atoms with E-state index in [0.29, 0.717) is 28.7 Å². The Morgan fingerprint density at radius 3 is 2.30 bits per heavy atom. The molecule has 0 amide bonds. The quantitative estimate of drug-likeness (QED) is 0.298. The molecule has 2 N–H and O–H groups in total. The first kappa shape index (κ1) is 26.6. The predicted molar refractivity (Wildman–Crippen MR) is 133 cm³/mol. The molecule has 2 aromatic rings. The molecule has 0 unspecified atom stereocenters. The van der Waals surface area contributed by atoms with E-state index >= 15 is 0 Å². The summed E-state index contributed by atoms with van der Waals surface area (Å²) in [7, 11) is -1.58. The molecule has 0 saturated carbocycles. The number of nitrogens with zero attached hydrogens (tertiary/aromatic N) is 1. The van der Waals surface area contributed by atoms with Crippen LogP contribution in [0.15, 0.2) is 47.5 Å². The average Bonchev–Trinajstić information content (AvgIpc) is 2.63. The lowest BCUT2D eigenvalue weighted by atomic mass is 9.85. The van der Waals surface area contributed by atoms with Crippen LogP contribution in [0.3, 0.4) is 0 Å². The molecule has 2 rings (SSSR count). The number of rotatable bonds is 7. The van der Waals surface area contributed by atoms with Gasteiger partial charge < -0.3 is 10.6 Å². The number of sulfone groups is 1. The maximum absolute atomic E-state index is 13.7. The molecule has 2 aromatic carbocycles. The van der Waals surface area contributed by atoms with Crippen molar-refractivity contribution < 1.29 is 12.8 Å². The third-order valence-electron chi connectivity index (χ3n) is 4.58. The Balaban J connectivity index is 0.00000450. The van der Waals surface area contributed by atoms with Crippen molar-refractivity contribution in [1.82, 2.24) is 10.6 Å². The van der Waals surface area contributed by atoms with Crippen LogP contribution in [0.25, 0.3) is 0 Å². The molecule has 0 aliphatic carbocycles. The summed E-state index contributed by atoms with van der Waals surface area (Å²) in [6.45, 7) is 5.07. The normalized spacial score (nSPS) is 12.3. The summed E-state index contributed by atoms with van der Waals surface area (Å²) in [5.41, 5.74) is 2.10. The molecular formula is C21H28ClFIN3O2S. The lowest BCUT2D eigenvalue weighted by Gasteiger charge is -2.27. The Labute approximate surface area is 200 Å². The minimum absolute atomic E-state index is 0. The van der Waals surface area contributed by atoms with E-state index in [2.05, 4.69) is 29.5 Å². The highest BCUT2D eigenvalue weighted by atomic mass is 127. The number of hydrogen-bond donors (Lipinski definition) is 2. The number of hydrogen-bond acceptors (Lipinski definition) is 3. The zero-order valence-electron chi connectivity index (χ0n) is 17.5. The standard InChI is InChI=1S/C21H27ClFN3O2S.HI/c1-21(2,17-6-8-18(22)9-7-17)14-26-20(24-3)25-12-16-11-19(23)10-5-15(16)13-29(4,27)28;/h5-11H,12-14H2,1-4H3,(H2,24,25,26);1H. The molecule has 5 nitrogen and oxygen atoms in total. The summed E-state index contributed by atoms with van der Waals surface area (Å²) >= 11 is 5.97. The average molecular weight is 568 g/mol. The Morgan fingerprint density at radius 1 is 1.10 bits per heavy atom. The summed E-state index contributed by atoms with van der Waals surface area (Å²) in [5, 5.41) is 7.09. The fourth-order valence-corrected chi connectivity index (χ4v) is 3.86. The highest BCUT2D eigenvalue weighted by molar-refractivity contribution is 14.0. The molecule has 9 heteroatoms. The molecule has 0 aliphatic rings. The number of aliphatic imine (C=N–C) groups is 1. The number of halogens is 3. The number of benzene rings is 2. The summed E-state index contributed by atoms with van der Waals surface area (Å²) < 4.78 is 37.0. The van der Waals surface area contributed by atoms with Crippen LogP contribution in [0.4, 0.5) is 4.39 Å². The Morgan fingerprint density at radius 2 is 1.73 bits per heavy atom. The molecule has 30 heavy (non-hydrogen) atoms. The minimum atomic E-state index is -3.23. The van der Waals surface area contributed by atoms with Crippen molar-refractivity contribution in [3.63, 3.8) is 0 Å². The second kappa shape index (κ2) is 11.3. The van der Waals surface area contributed by atoms with E-state index in [0.717, 1.165) is 11.8 Å². The molecule has 0 spiro atoms. The Hall–Kier alpha value is -1.39. The third kappa shape index (κ3) is 8.39. The third-order valence-corrected chi connectivity index (χ3v) is 5.67. The van der Waals surface area contributed by atoms with E-state index in [1.807, 2.05) is 24.3 Å². The van der Waals surface area contributed by atoms with Crippen molar-refractivity contribution in [2.24, 2.45) is 4.99 Å². The first-order valence-electron chi connectivity index (χ1n) is 9.16. The van der Waals surface area contributed by atoms with Crippen molar-refractivity contribution in [3.8, 4) is 0 Å². The topological polar surface area (TPSA) is 70.6 Å². The van der Waals surface area contributed by atoms with E-state index in [9.17, 15) is 12.8 Å². The monoisotopic (exact) mass is 567 g/mol. The van der Waals surface area contributed by atoms with E-state index in [-0.39, 0.29) is 41.7 Å². The SMILES string of the molecule is CN=C(NCc1cc(F)ccc1CS(C)(=O)=O)NCC(C)(C)c1ccc(Cl)cc1.I. The van der Waals surface area contributed by atoms with Crippen molar-refractivity contribution in [1.29, 1.82) is 0 Å². The van der Waals surface area contributed by atoms with Gasteiger partial charge in [0, 0.05) is 36.8 Å². The van der Waals surface area contributed by atoms with Crippen LogP contribution in [0.1, 0.15) is 30.5 Å². The predicted octanol–water partition coefficient (Wildman–Crippen LogP) is 4.28. The maximum Gasteiger partial charge on any atom is 0.191 e. The number of nitrogens with one attached hydrogen (secondary N) is 2. The molecule has 0 aliphatic heterocycles. The molecule has 0 aromatic heterocycles. The van der Waals surface area contributed by atoms with Crippen LogP contribution in [0.5, 0.6) is 0 Å². The van der Waals surface area contributed by atoms with E-state index in [4.69, 9.17) is 11.6 Å². The van der Waals surface area contributed by atoms with Crippen molar-refractivity contribution >= 4 is 51.4 Å². The second-order valence-electron chi connectivity index (χ2n) is 7.65. The van der Waals surface area contributed by atoms with Crippen LogP contribution < -0.4 is 10.6 Å². The zero-order valence-corrected chi connectivity index (χ0v) is 21.4. The van der Waals surface area contributed by atoms with Gasteiger partial charge in [0.1, 0.15) is 5.82 Å². The summed E-state index contributed by atoms with van der Waals surface area (Å²) in [6, 6.07) is 11.8. The van der Waals surface area contributed by atoms with Gasteiger partial charge in [-0.15, -0.1) is 24.0 Å². The van der Waals surface area contributed by atoms with Gasteiger partial charge in [-0.3, -0.25) is 4.99 Å². The van der Waals surface area contributed by atoms with E-state index in [1.54, 1.807) is 7.05 Å². The largest absolute Gasteiger partial charge is 0.356 e. The molecule has 0 fully saturated rings. The number of guanidine groups is 1. The minimum Gasteiger partial charge on any atom is -0.356 e. The van der Waals surface area contributed by atoms with E-state index < -0.39 is 15.7 Å². The zero-order chi connectivity index (χ0) is 21.7. The highest BCUT2D eigenvalue weighted by Crippen LogP contribution is 2.23. The summed E-state index contributed by atoms with van der Waals surface area (Å²) in [4.78, 5) is 4.20. The van der Waals surface area contributed by atoms with Crippen molar-refractivity contribution in [2.45, 2.75) is 31.6 Å². The molecule has 0 bridgehead atoms. The fourth-order valence-electron chi connectivity index (χ4n) is 2.89. The van der Waals surface area contributed by atoms with Gasteiger partial charge in [0.15, 0.2) is 15.8 Å².